The van der Waals surface area contributed by atoms with Gasteiger partial charge in [-0.05, 0) is 43.3 Å². The fourth-order valence-electron chi connectivity index (χ4n) is 3.39. The van der Waals surface area contributed by atoms with Crippen molar-refractivity contribution >= 4 is 17.6 Å². The average Bonchev–Trinajstić information content (AvgIpc) is 3.10. The van der Waals surface area contributed by atoms with Crippen LogP contribution in [0.2, 0.25) is 0 Å². The second-order valence-corrected chi connectivity index (χ2v) is 6.64. The Morgan fingerprint density at radius 3 is 2.57 bits per heavy atom. The molecule has 146 valence electrons. The van der Waals surface area contributed by atoms with Crippen LogP contribution in [-0.2, 0) is 19.8 Å². The van der Waals surface area contributed by atoms with Gasteiger partial charge in [0.05, 0.1) is 7.11 Å². The SMILES string of the molecule is COc1ccc2c(c1)[C@]1(COC(N)=N1)c1cc(NC(=O)[C@@H](C)OC)ccc1O2. The Morgan fingerprint density at radius 2 is 1.93 bits per heavy atom. The molecule has 0 aromatic heterocycles. The summed E-state index contributed by atoms with van der Waals surface area (Å²) in [6.45, 7) is 1.90. The third-order valence-electron chi connectivity index (χ3n) is 5.00. The van der Waals surface area contributed by atoms with Gasteiger partial charge in [-0.3, -0.25) is 4.79 Å². The molecule has 2 atom stereocenters. The fourth-order valence-corrected chi connectivity index (χ4v) is 3.39. The van der Waals surface area contributed by atoms with E-state index >= 15 is 0 Å². The van der Waals surface area contributed by atoms with Crippen LogP contribution in [0.3, 0.4) is 0 Å². The number of ether oxygens (including phenoxy) is 4. The number of amides is 1. The van der Waals surface area contributed by atoms with Crippen molar-refractivity contribution in [3.05, 3.63) is 47.5 Å². The van der Waals surface area contributed by atoms with Gasteiger partial charge in [-0.1, -0.05) is 0 Å². The summed E-state index contributed by atoms with van der Waals surface area (Å²) in [6, 6.07) is 11.0. The van der Waals surface area contributed by atoms with Gasteiger partial charge in [-0.15, -0.1) is 0 Å². The first-order chi connectivity index (χ1) is 13.5. The summed E-state index contributed by atoms with van der Waals surface area (Å²) in [5, 5.41) is 2.84. The molecule has 0 fully saturated rings. The van der Waals surface area contributed by atoms with Crippen molar-refractivity contribution in [3.8, 4) is 17.2 Å². The van der Waals surface area contributed by atoms with Crippen LogP contribution in [0, 0.1) is 0 Å². The van der Waals surface area contributed by atoms with Gasteiger partial charge in [0.15, 0.2) is 5.54 Å². The average molecular weight is 383 g/mol. The van der Waals surface area contributed by atoms with E-state index in [9.17, 15) is 4.79 Å². The van der Waals surface area contributed by atoms with Gasteiger partial charge in [-0.2, -0.15) is 0 Å². The van der Waals surface area contributed by atoms with E-state index in [4.69, 9.17) is 24.7 Å². The third-order valence-corrected chi connectivity index (χ3v) is 5.00. The molecule has 0 aliphatic carbocycles. The first-order valence-electron chi connectivity index (χ1n) is 8.79. The van der Waals surface area contributed by atoms with E-state index in [1.165, 1.54) is 7.11 Å². The molecule has 2 aromatic rings. The predicted molar refractivity (Wildman–Crippen MR) is 103 cm³/mol. The van der Waals surface area contributed by atoms with Crippen LogP contribution in [0.5, 0.6) is 17.2 Å². The topological polar surface area (TPSA) is 104 Å². The van der Waals surface area contributed by atoms with Crippen molar-refractivity contribution in [2.45, 2.75) is 18.6 Å². The molecule has 2 aliphatic rings. The number of hydrogen-bond donors (Lipinski definition) is 2. The summed E-state index contributed by atoms with van der Waals surface area (Å²) in [5.41, 5.74) is 7.12. The highest BCUT2D eigenvalue weighted by atomic mass is 16.5. The van der Waals surface area contributed by atoms with Gasteiger partial charge in [0.1, 0.15) is 30.0 Å². The van der Waals surface area contributed by atoms with Crippen molar-refractivity contribution in [1.82, 2.24) is 0 Å². The zero-order valence-corrected chi connectivity index (χ0v) is 15.8. The summed E-state index contributed by atoms with van der Waals surface area (Å²) in [6.07, 6.45) is -0.574. The summed E-state index contributed by atoms with van der Waals surface area (Å²) in [7, 11) is 3.08. The number of amidine groups is 1. The number of carbonyl (C=O) groups is 1. The maximum Gasteiger partial charge on any atom is 0.283 e. The van der Waals surface area contributed by atoms with Gasteiger partial charge < -0.3 is 30.0 Å². The van der Waals surface area contributed by atoms with Gasteiger partial charge >= 0.3 is 0 Å². The number of benzene rings is 2. The molecular formula is C20H21N3O5. The number of nitrogens with zero attached hydrogens (tertiary/aromatic N) is 1. The van der Waals surface area contributed by atoms with Crippen molar-refractivity contribution in [1.29, 1.82) is 0 Å². The lowest BCUT2D eigenvalue weighted by molar-refractivity contribution is -0.124. The predicted octanol–water partition coefficient (Wildman–Crippen LogP) is 2.36. The maximum atomic E-state index is 12.2. The molecule has 4 rings (SSSR count). The van der Waals surface area contributed by atoms with E-state index in [0.29, 0.717) is 22.9 Å². The molecule has 0 bridgehead atoms. The lowest BCUT2D eigenvalue weighted by Crippen LogP contribution is -2.31. The Hall–Kier alpha value is -3.26. The van der Waals surface area contributed by atoms with E-state index in [1.54, 1.807) is 26.2 Å². The highest BCUT2D eigenvalue weighted by Gasteiger charge is 2.47. The molecule has 0 saturated carbocycles. The molecule has 2 aromatic carbocycles. The normalized spacial score (nSPS) is 20.3. The Bertz CT molecular complexity index is 974. The monoisotopic (exact) mass is 383 g/mol. The Labute approximate surface area is 162 Å². The highest BCUT2D eigenvalue weighted by molar-refractivity contribution is 5.94. The number of rotatable bonds is 4. The van der Waals surface area contributed by atoms with Crippen LogP contribution in [0.4, 0.5) is 5.69 Å². The van der Waals surface area contributed by atoms with Gasteiger partial charge in [0.25, 0.3) is 11.9 Å². The van der Waals surface area contributed by atoms with Crippen LogP contribution >= 0.6 is 0 Å². The molecule has 28 heavy (non-hydrogen) atoms. The van der Waals surface area contributed by atoms with Gasteiger partial charge in [0.2, 0.25) is 0 Å². The standard InChI is InChI=1S/C20H21N3O5/c1-11(25-2)18(24)22-12-4-6-16-14(8-12)20(10-27-19(21)23-20)15-9-13(26-3)5-7-17(15)28-16/h4-9,11H,10H2,1-3H3,(H2,21,23)(H,22,24)/t11-,20+/m1/s1. The molecule has 2 heterocycles. The number of hydrogen-bond acceptors (Lipinski definition) is 7. The smallest absolute Gasteiger partial charge is 0.283 e. The van der Waals surface area contributed by atoms with Crippen LogP contribution in [0.15, 0.2) is 41.4 Å². The Kier molecular flexibility index (Phi) is 4.35. The number of carbonyl (C=O) groups excluding carboxylic acids is 1. The summed E-state index contributed by atoms with van der Waals surface area (Å²) < 4.78 is 22.0. The van der Waals surface area contributed by atoms with Crippen LogP contribution in [-0.4, -0.2) is 38.9 Å². The minimum absolute atomic E-state index is 0.101. The van der Waals surface area contributed by atoms with E-state index in [0.717, 1.165) is 11.1 Å². The molecule has 0 radical (unpaired) electrons. The van der Waals surface area contributed by atoms with Crippen LogP contribution < -0.4 is 20.5 Å². The first kappa shape index (κ1) is 18.1. The molecular weight excluding hydrogens is 362 g/mol. The molecule has 8 heteroatoms. The lowest BCUT2D eigenvalue weighted by Gasteiger charge is -2.33. The van der Waals surface area contributed by atoms with Crippen molar-refractivity contribution < 1.29 is 23.7 Å². The zero-order valence-electron chi connectivity index (χ0n) is 15.8. The van der Waals surface area contributed by atoms with Gasteiger partial charge in [-0.25, -0.2) is 4.99 Å². The van der Waals surface area contributed by atoms with Gasteiger partial charge in [0, 0.05) is 23.9 Å². The second-order valence-electron chi connectivity index (χ2n) is 6.64. The fraction of sp³-hybridized carbons (Fsp3) is 0.300. The van der Waals surface area contributed by atoms with Crippen molar-refractivity contribution in [3.63, 3.8) is 0 Å². The molecule has 1 amide bonds. The van der Waals surface area contributed by atoms with E-state index in [-0.39, 0.29) is 18.5 Å². The summed E-state index contributed by atoms with van der Waals surface area (Å²) >= 11 is 0. The molecule has 0 unspecified atom stereocenters. The Morgan fingerprint density at radius 1 is 1.21 bits per heavy atom. The number of methoxy groups -OCH3 is 2. The highest BCUT2D eigenvalue weighted by Crippen LogP contribution is 2.52. The largest absolute Gasteiger partial charge is 0.497 e. The minimum Gasteiger partial charge on any atom is -0.497 e. The van der Waals surface area contributed by atoms with Crippen LogP contribution in [0.25, 0.3) is 0 Å². The second kappa shape index (κ2) is 6.72. The number of aliphatic imine (C=N–C) groups is 1. The third kappa shape index (κ3) is 2.82. The quantitative estimate of drug-likeness (QED) is 0.840. The molecule has 2 aliphatic heterocycles. The molecule has 8 nitrogen and oxygen atoms in total. The lowest BCUT2D eigenvalue weighted by atomic mass is 9.81. The number of fused-ring (bicyclic) bond motifs is 4. The van der Waals surface area contributed by atoms with Crippen molar-refractivity contribution in [2.75, 3.05) is 26.1 Å². The zero-order chi connectivity index (χ0) is 19.9. The number of nitrogens with two attached hydrogens (primary N) is 1. The van der Waals surface area contributed by atoms with E-state index < -0.39 is 11.6 Å². The first-order valence-corrected chi connectivity index (χ1v) is 8.79. The molecule has 0 saturated heterocycles. The molecule has 3 N–H and O–H groups in total. The number of anilines is 1. The van der Waals surface area contributed by atoms with E-state index in [1.807, 2.05) is 24.3 Å². The number of nitrogens with one attached hydrogen (secondary N) is 1. The van der Waals surface area contributed by atoms with Crippen molar-refractivity contribution in [2.24, 2.45) is 10.7 Å². The summed E-state index contributed by atoms with van der Waals surface area (Å²) in [5.74, 6) is 1.70. The molecule has 1 spiro atoms. The van der Waals surface area contributed by atoms with E-state index in [2.05, 4.69) is 10.3 Å². The Balaban J connectivity index is 1.82. The summed E-state index contributed by atoms with van der Waals surface area (Å²) in [4.78, 5) is 16.8. The van der Waals surface area contributed by atoms with Crippen LogP contribution in [0.1, 0.15) is 18.1 Å². The maximum absolute atomic E-state index is 12.2. The minimum atomic E-state index is -0.880.